The van der Waals surface area contributed by atoms with E-state index < -0.39 is 6.04 Å². The Kier molecular flexibility index (Phi) is 4.18. The molecule has 1 aromatic carbocycles. The summed E-state index contributed by atoms with van der Waals surface area (Å²) < 4.78 is 0. The minimum Gasteiger partial charge on any atom is -0.357 e. The number of aromatic nitrogens is 4. The molecule has 0 bridgehead atoms. The Morgan fingerprint density at radius 2 is 2.04 bits per heavy atom. The predicted octanol–water partition coefficient (Wildman–Crippen LogP) is 1.43. The third-order valence-electron chi connectivity index (χ3n) is 3.58. The van der Waals surface area contributed by atoms with E-state index in [0.717, 1.165) is 10.9 Å². The van der Waals surface area contributed by atoms with Crippen molar-refractivity contribution in [2.24, 2.45) is 0 Å². The van der Waals surface area contributed by atoms with Gasteiger partial charge in [0.15, 0.2) is 5.65 Å². The molecule has 1 atom stereocenters. The highest BCUT2D eigenvalue weighted by Gasteiger charge is 2.20. The Labute approximate surface area is 133 Å². The summed E-state index contributed by atoms with van der Waals surface area (Å²) in [6, 6.07) is 9.43. The summed E-state index contributed by atoms with van der Waals surface area (Å²) in [6.45, 7) is 1.80. The monoisotopic (exact) mass is 310 g/mol. The lowest BCUT2D eigenvalue weighted by atomic mass is 10.1. The molecule has 0 spiro atoms. The first-order valence-electron chi connectivity index (χ1n) is 7.37. The van der Waals surface area contributed by atoms with E-state index in [1.807, 2.05) is 30.3 Å². The van der Waals surface area contributed by atoms with E-state index in [1.165, 1.54) is 0 Å². The van der Waals surface area contributed by atoms with Crippen molar-refractivity contribution in [3.63, 3.8) is 0 Å². The van der Waals surface area contributed by atoms with E-state index in [2.05, 4.69) is 30.8 Å². The fraction of sp³-hybridized carbons (Fsp3) is 0.250. The Bertz CT molecular complexity index is 814. The summed E-state index contributed by atoms with van der Waals surface area (Å²) in [5.41, 5.74) is 1.72. The summed E-state index contributed by atoms with van der Waals surface area (Å²) in [5, 5.41) is 13.5. The smallest absolute Gasteiger partial charge is 0.242 e. The first kappa shape index (κ1) is 15.0. The molecule has 0 radical (unpaired) electrons. The molecule has 23 heavy (non-hydrogen) atoms. The molecule has 0 fully saturated rings. The number of carbonyl (C=O) groups excluding carboxylic acids is 1. The van der Waals surface area contributed by atoms with Gasteiger partial charge in [0, 0.05) is 13.5 Å². The fourth-order valence-electron chi connectivity index (χ4n) is 2.46. The van der Waals surface area contributed by atoms with Crippen LogP contribution in [0.5, 0.6) is 0 Å². The number of benzene rings is 1. The Balaban J connectivity index is 1.91. The van der Waals surface area contributed by atoms with Crippen LogP contribution in [0, 0.1) is 6.92 Å². The van der Waals surface area contributed by atoms with E-state index in [4.69, 9.17) is 0 Å². The lowest BCUT2D eigenvalue weighted by molar-refractivity contribution is -0.121. The summed E-state index contributed by atoms with van der Waals surface area (Å²) in [7, 11) is 1.63. The number of anilines is 1. The number of aryl methyl sites for hydroxylation is 1. The number of aromatic amines is 1. The first-order chi connectivity index (χ1) is 11.2. The van der Waals surface area contributed by atoms with E-state index in [9.17, 15) is 4.79 Å². The number of carbonyl (C=O) groups is 1. The van der Waals surface area contributed by atoms with Gasteiger partial charge in [-0.2, -0.15) is 5.10 Å². The molecule has 118 valence electrons. The Morgan fingerprint density at radius 1 is 1.26 bits per heavy atom. The molecule has 0 saturated heterocycles. The fourth-order valence-corrected chi connectivity index (χ4v) is 2.46. The highest BCUT2D eigenvalue weighted by Crippen LogP contribution is 2.19. The van der Waals surface area contributed by atoms with Crippen LogP contribution < -0.4 is 10.6 Å². The molecular formula is C16H18N6O. The predicted molar refractivity (Wildman–Crippen MR) is 88.0 cm³/mol. The minimum atomic E-state index is -0.435. The van der Waals surface area contributed by atoms with Crippen LogP contribution in [-0.2, 0) is 11.2 Å². The summed E-state index contributed by atoms with van der Waals surface area (Å²) in [6.07, 6.45) is 2.21. The normalized spacial score (nSPS) is 12.1. The number of H-pyrrole nitrogens is 1. The number of likely N-dealkylation sites (N-methyl/N-ethyl adjacent to an activating group) is 1. The standard InChI is InChI=1S/C16H18N6O/c1-10-19-14(12-9-18-22-15(12)20-10)21-13(16(23)17-2)8-11-6-4-3-5-7-11/h3-7,9,13H,8H2,1-2H3,(H,17,23)(H2,18,19,20,21,22). The topological polar surface area (TPSA) is 95.6 Å². The van der Waals surface area contributed by atoms with Gasteiger partial charge in [-0.1, -0.05) is 30.3 Å². The van der Waals surface area contributed by atoms with E-state index in [-0.39, 0.29) is 5.91 Å². The summed E-state index contributed by atoms with van der Waals surface area (Å²) in [4.78, 5) is 20.9. The van der Waals surface area contributed by atoms with E-state index in [1.54, 1.807) is 20.2 Å². The molecule has 2 heterocycles. The number of hydrogen-bond donors (Lipinski definition) is 3. The van der Waals surface area contributed by atoms with Gasteiger partial charge in [0.2, 0.25) is 5.91 Å². The summed E-state index contributed by atoms with van der Waals surface area (Å²) >= 11 is 0. The third-order valence-corrected chi connectivity index (χ3v) is 3.58. The third kappa shape index (κ3) is 3.28. The zero-order valence-corrected chi connectivity index (χ0v) is 13.0. The van der Waals surface area contributed by atoms with Crippen molar-refractivity contribution in [2.75, 3.05) is 12.4 Å². The number of fused-ring (bicyclic) bond motifs is 1. The van der Waals surface area contributed by atoms with Crippen LogP contribution in [0.1, 0.15) is 11.4 Å². The quantitative estimate of drug-likeness (QED) is 0.662. The number of hydrogen-bond acceptors (Lipinski definition) is 5. The molecule has 7 nitrogen and oxygen atoms in total. The van der Waals surface area contributed by atoms with Crippen molar-refractivity contribution in [3.8, 4) is 0 Å². The highest BCUT2D eigenvalue weighted by atomic mass is 16.2. The molecule has 0 saturated carbocycles. The maximum atomic E-state index is 12.2. The first-order valence-corrected chi connectivity index (χ1v) is 7.37. The molecule has 2 aromatic heterocycles. The zero-order chi connectivity index (χ0) is 16.2. The van der Waals surface area contributed by atoms with Crippen LogP contribution >= 0.6 is 0 Å². The van der Waals surface area contributed by atoms with Gasteiger partial charge in [0.25, 0.3) is 0 Å². The van der Waals surface area contributed by atoms with Crippen LogP contribution in [-0.4, -0.2) is 39.2 Å². The molecule has 1 unspecified atom stereocenters. The van der Waals surface area contributed by atoms with E-state index in [0.29, 0.717) is 23.7 Å². The number of nitrogens with one attached hydrogen (secondary N) is 3. The maximum absolute atomic E-state index is 12.2. The maximum Gasteiger partial charge on any atom is 0.242 e. The average Bonchev–Trinajstić information content (AvgIpc) is 3.02. The molecule has 0 aliphatic heterocycles. The Hall–Kier alpha value is -2.96. The van der Waals surface area contributed by atoms with Gasteiger partial charge in [0.05, 0.1) is 11.6 Å². The molecule has 3 aromatic rings. The second-order valence-corrected chi connectivity index (χ2v) is 5.25. The molecule has 3 rings (SSSR count). The van der Waals surface area contributed by atoms with Crippen molar-refractivity contribution in [1.29, 1.82) is 0 Å². The summed E-state index contributed by atoms with van der Waals surface area (Å²) in [5.74, 6) is 1.12. The highest BCUT2D eigenvalue weighted by molar-refractivity contribution is 5.90. The van der Waals surface area contributed by atoms with Gasteiger partial charge in [-0.05, 0) is 12.5 Å². The van der Waals surface area contributed by atoms with Crippen molar-refractivity contribution < 1.29 is 4.79 Å². The van der Waals surface area contributed by atoms with Gasteiger partial charge in [-0.3, -0.25) is 9.89 Å². The van der Waals surface area contributed by atoms with Gasteiger partial charge in [0.1, 0.15) is 17.7 Å². The SMILES string of the molecule is CNC(=O)C(Cc1ccccc1)Nc1nc(C)nc2[nH]ncc12. The van der Waals surface area contributed by atoms with Crippen LogP contribution in [0.3, 0.4) is 0 Å². The van der Waals surface area contributed by atoms with Crippen molar-refractivity contribution in [2.45, 2.75) is 19.4 Å². The zero-order valence-electron chi connectivity index (χ0n) is 13.0. The van der Waals surface area contributed by atoms with Crippen LogP contribution in [0.15, 0.2) is 36.5 Å². The molecule has 3 N–H and O–H groups in total. The minimum absolute atomic E-state index is 0.0956. The van der Waals surface area contributed by atoms with Crippen molar-refractivity contribution in [1.82, 2.24) is 25.5 Å². The number of nitrogens with zero attached hydrogens (tertiary/aromatic N) is 3. The lowest BCUT2D eigenvalue weighted by Crippen LogP contribution is -2.39. The second kappa shape index (κ2) is 6.43. The average molecular weight is 310 g/mol. The number of rotatable bonds is 5. The van der Waals surface area contributed by atoms with Gasteiger partial charge < -0.3 is 10.6 Å². The van der Waals surface area contributed by atoms with Crippen LogP contribution in [0.2, 0.25) is 0 Å². The molecule has 0 aliphatic carbocycles. The molecule has 0 aliphatic rings. The Morgan fingerprint density at radius 3 is 2.78 bits per heavy atom. The van der Waals surface area contributed by atoms with Crippen LogP contribution in [0.25, 0.3) is 11.0 Å². The van der Waals surface area contributed by atoms with Gasteiger partial charge >= 0.3 is 0 Å². The van der Waals surface area contributed by atoms with Crippen LogP contribution in [0.4, 0.5) is 5.82 Å². The van der Waals surface area contributed by atoms with Gasteiger partial charge in [-0.15, -0.1) is 0 Å². The lowest BCUT2D eigenvalue weighted by Gasteiger charge is -2.18. The molecular weight excluding hydrogens is 292 g/mol. The molecule has 7 heteroatoms. The van der Waals surface area contributed by atoms with E-state index >= 15 is 0 Å². The largest absolute Gasteiger partial charge is 0.357 e. The van der Waals surface area contributed by atoms with Crippen molar-refractivity contribution in [3.05, 3.63) is 47.9 Å². The molecule has 1 amide bonds. The second-order valence-electron chi connectivity index (χ2n) is 5.25. The number of amides is 1. The van der Waals surface area contributed by atoms with Crippen molar-refractivity contribution >= 4 is 22.8 Å². The van der Waals surface area contributed by atoms with Gasteiger partial charge in [-0.25, -0.2) is 9.97 Å².